The molecule has 0 atom stereocenters. The fourth-order valence-electron chi connectivity index (χ4n) is 1.45. The van der Waals surface area contributed by atoms with E-state index in [-0.39, 0.29) is 0 Å². The lowest BCUT2D eigenvalue weighted by Crippen LogP contribution is -2.00. The molecule has 0 aromatic carbocycles. The van der Waals surface area contributed by atoms with Crippen LogP contribution in [-0.4, -0.2) is 28.6 Å². The van der Waals surface area contributed by atoms with Crippen molar-refractivity contribution in [3.8, 4) is 17.1 Å². The van der Waals surface area contributed by atoms with Gasteiger partial charge in [0.15, 0.2) is 0 Å². The molecule has 5 heteroatoms. The molecule has 0 aliphatic heterocycles. The minimum absolute atomic E-state index is 0.568. The van der Waals surface area contributed by atoms with E-state index in [1.54, 1.807) is 25.7 Å². The average molecular weight is 230 g/mol. The monoisotopic (exact) mass is 230 g/mol. The number of hydrogen-bond donors (Lipinski definition) is 1. The van der Waals surface area contributed by atoms with Gasteiger partial charge in [0, 0.05) is 24.4 Å². The van der Waals surface area contributed by atoms with Gasteiger partial charge < -0.3 is 10.1 Å². The predicted octanol–water partition coefficient (Wildman–Crippen LogP) is 1.98. The largest absolute Gasteiger partial charge is 0.481 e. The molecular weight excluding hydrogens is 216 g/mol. The van der Waals surface area contributed by atoms with Crippen molar-refractivity contribution in [2.24, 2.45) is 0 Å². The van der Waals surface area contributed by atoms with Crippen LogP contribution in [-0.2, 0) is 0 Å². The summed E-state index contributed by atoms with van der Waals surface area (Å²) in [5.41, 5.74) is 1.73. The van der Waals surface area contributed by atoms with Crippen molar-refractivity contribution in [2.75, 3.05) is 19.0 Å². The SMILES string of the molecule is CCNc1cncc(-c2ccnc(OC)c2)n1. The second-order valence-corrected chi connectivity index (χ2v) is 3.41. The molecule has 1 N–H and O–H groups in total. The third kappa shape index (κ3) is 2.69. The van der Waals surface area contributed by atoms with E-state index in [1.165, 1.54) is 0 Å². The molecule has 2 aromatic heterocycles. The molecular formula is C12H14N4O. The lowest BCUT2D eigenvalue weighted by atomic mass is 10.2. The van der Waals surface area contributed by atoms with Crippen molar-refractivity contribution in [3.63, 3.8) is 0 Å². The normalized spacial score (nSPS) is 10.0. The fourth-order valence-corrected chi connectivity index (χ4v) is 1.45. The van der Waals surface area contributed by atoms with E-state index in [0.29, 0.717) is 5.88 Å². The Kier molecular flexibility index (Phi) is 3.49. The van der Waals surface area contributed by atoms with Crippen LogP contribution in [0.4, 0.5) is 5.82 Å². The van der Waals surface area contributed by atoms with Crippen molar-refractivity contribution in [2.45, 2.75) is 6.92 Å². The number of anilines is 1. The number of pyridine rings is 1. The van der Waals surface area contributed by atoms with E-state index < -0.39 is 0 Å². The summed E-state index contributed by atoms with van der Waals surface area (Å²) in [5.74, 6) is 1.33. The van der Waals surface area contributed by atoms with Crippen molar-refractivity contribution >= 4 is 5.82 Å². The summed E-state index contributed by atoms with van der Waals surface area (Å²) < 4.78 is 5.08. The van der Waals surface area contributed by atoms with Crippen LogP contribution in [0.5, 0.6) is 5.88 Å². The summed E-state index contributed by atoms with van der Waals surface area (Å²) in [6.45, 7) is 2.83. The first-order valence-electron chi connectivity index (χ1n) is 5.40. The molecule has 0 radical (unpaired) electrons. The molecule has 5 nitrogen and oxygen atoms in total. The van der Waals surface area contributed by atoms with E-state index in [2.05, 4.69) is 20.3 Å². The number of rotatable bonds is 4. The highest BCUT2D eigenvalue weighted by atomic mass is 16.5. The number of hydrogen-bond acceptors (Lipinski definition) is 5. The van der Waals surface area contributed by atoms with Crippen LogP contribution in [0.3, 0.4) is 0 Å². The first-order valence-corrected chi connectivity index (χ1v) is 5.40. The van der Waals surface area contributed by atoms with Crippen molar-refractivity contribution in [1.82, 2.24) is 15.0 Å². The van der Waals surface area contributed by atoms with Gasteiger partial charge >= 0.3 is 0 Å². The number of aromatic nitrogens is 3. The van der Waals surface area contributed by atoms with Gasteiger partial charge in [-0.1, -0.05) is 0 Å². The summed E-state index contributed by atoms with van der Waals surface area (Å²) >= 11 is 0. The Morgan fingerprint density at radius 3 is 3.00 bits per heavy atom. The average Bonchev–Trinajstić information content (AvgIpc) is 2.40. The molecule has 2 heterocycles. The van der Waals surface area contributed by atoms with Crippen molar-refractivity contribution in [3.05, 3.63) is 30.7 Å². The summed E-state index contributed by atoms with van der Waals surface area (Å²) in [7, 11) is 1.59. The molecule has 0 bridgehead atoms. The zero-order chi connectivity index (χ0) is 12.1. The molecule has 0 aliphatic carbocycles. The summed E-state index contributed by atoms with van der Waals surface area (Å²) in [6, 6.07) is 3.71. The Bertz CT molecular complexity index is 501. The van der Waals surface area contributed by atoms with Crippen LogP contribution in [0.25, 0.3) is 11.3 Å². The maximum Gasteiger partial charge on any atom is 0.213 e. The van der Waals surface area contributed by atoms with E-state index in [0.717, 1.165) is 23.6 Å². The zero-order valence-corrected chi connectivity index (χ0v) is 9.84. The third-order valence-electron chi connectivity index (χ3n) is 2.23. The molecule has 0 fully saturated rings. The minimum Gasteiger partial charge on any atom is -0.481 e. The number of methoxy groups -OCH3 is 1. The Hall–Kier alpha value is -2.17. The standard InChI is InChI=1S/C12H14N4O/c1-3-14-11-8-13-7-10(16-11)9-4-5-15-12(6-9)17-2/h4-8H,3H2,1-2H3,(H,14,16). The van der Waals surface area contributed by atoms with E-state index in [9.17, 15) is 0 Å². The van der Waals surface area contributed by atoms with Gasteiger partial charge in [0.25, 0.3) is 0 Å². The smallest absolute Gasteiger partial charge is 0.213 e. The fraction of sp³-hybridized carbons (Fsp3) is 0.250. The molecule has 0 saturated carbocycles. The lowest BCUT2D eigenvalue weighted by Gasteiger charge is -2.05. The van der Waals surface area contributed by atoms with Gasteiger partial charge in [0.2, 0.25) is 5.88 Å². The number of ether oxygens (including phenoxy) is 1. The molecule has 0 spiro atoms. The molecule has 2 aromatic rings. The Balaban J connectivity index is 2.34. The van der Waals surface area contributed by atoms with Gasteiger partial charge in [-0.25, -0.2) is 9.97 Å². The molecule has 0 aliphatic rings. The zero-order valence-electron chi connectivity index (χ0n) is 9.84. The summed E-state index contributed by atoms with van der Waals surface area (Å²) in [4.78, 5) is 12.7. The highest BCUT2D eigenvalue weighted by Gasteiger charge is 2.03. The van der Waals surface area contributed by atoms with Crippen LogP contribution in [0.2, 0.25) is 0 Å². The van der Waals surface area contributed by atoms with Crippen molar-refractivity contribution < 1.29 is 4.74 Å². The van der Waals surface area contributed by atoms with Gasteiger partial charge in [0.1, 0.15) is 5.82 Å². The Morgan fingerprint density at radius 1 is 1.35 bits per heavy atom. The number of nitrogens with one attached hydrogen (secondary N) is 1. The van der Waals surface area contributed by atoms with Gasteiger partial charge in [-0.2, -0.15) is 0 Å². The lowest BCUT2D eigenvalue weighted by molar-refractivity contribution is 0.398. The first kappa shape index (κ1) is 11.3. The molecule has 0 saturated heterocycles. The topological polar surface area (TPSA) is 59.9 Å². The second-order valence-electron chi connectivity index (χ2n) is 3.41. The van der Waals surface area contributed by atoms with Crippen LogP contribution in [0, 0.1) is 0 Å². The molecule has 17 heavy (non-hydrogen) atoms. The summed E-state index contributed by atoms with van der Waals surface area (Å²) in [6.07, 6.45) is 5.11. The van der Waals surface area contributed by atoms with Crippen LogP contribution in [0.1, 0.15) is 6.92 Å². The van der Waals surface area contributed by atoms with E-state index >= 15 is 0 Å². The highest BCUT2D eigenvalue weighted by molar-refractivity contribution is 5.60. The summed E-state index contributed by atoms with van der Waals surface area (Å²) in [5, 5.41) is 3.13. The van der Waals surface area contributed by atoms with Crippen molar-refractivity contribution in [1.29, 1.82) is 0 Å². The molecule has 88 valence electrons. The van der Waals surface area contributed by atoms with Crippen LogP contribution in [0.15, 0.2) is 30.7 Å². The highest BCUT2D eigenvalue weighted by Crippen LogP contribution is 2.20. The second kappa shape index (κ2) is 5.25. The Labute approximate surface area is 99.9 Å². The van der Waals surface area contributed by atoms with E-state index in [4.69, 9.17) is 4.74 Å². The number of nitrogens with zero attached hydrogens (tertiary/aromatic N) is 3. The maximum atomic E-state index is 5.08. The first-order chi connectivity index (χ1) is 8.33. The van der Waals surface area contributed by atoms with Gasteiger partial charge in [-0.3, -0.25) is 4.98 Å². The van der Waals surface area contributed by atoms with Crippen LogP contribution < -0.4 is 10.1 Å². The maximum absolute atomic E-state index is 5.08. The third-order valence-corrected chi connectivity index (χ3v) is 2.23. The van der Waals surface area contributed by atoms with Crippen LogP contribution >= 0.6 is 0 Å². The minimum atomic E-state index is 0.568. The van der Waals surface area contributed by atoms with Gasteiger partial charge in [-0.05, 0) is 13.0 Å². The Morgan fingerprint density at radius 2 is 2.24 bits per heavy atom. The van der Waals surface area contributed by atoms with Gasteiger partial charge in [0.05, 0.1) is 25.2 Å². The van der Waals surface area contributed by atoms with E-state index in [1.807, 2.05) is 19.1 Å². The molecule has 0 amide bonds. The molecule has 2 rings (SSSR count). The predicted molar refractivity (Wildman–Crippen MR) is 66.0 cm³/mol. The quantitative estimate of drug-likeness (QED) is 0.870. The van der Waals surface area contributed by atoms with Gasteiger partial charge in [-0.15, -0.1) is 0 Å². The molecule has 0 unspecified atom stereocenters.